The minimum absolute atomic E-state index is 0.157. The van der Waals surface area contributed by atoms with E-state index >= 15 is 0 Å². The van der Waals surface area contributed by atoms with E-state index in [1.165, 1.54) is 20.0 Å². The van der Waals surface area contributed by atoms with Crippen LogP contribution in [0.4, 0.5) is 0 Å². The molecule has 0 aliphatic heterocycles. The van der Waals surface area contributed by atoms with Gasteiger partial charge in [-0.25, -0.2) is 0 Å². The number of rotatable bonds is 9. The highest BCUT2D eigenvalue weighted by Gasteiger charge is 2.34. The summed E-state index contributed by atoms with van der Waals surface area (Å²) < 4.78 is 4.92. The standard InChI is InChI=1S/C14H28N2O2/c1-5-9-15-14(2,13(17)18-4)8-10-16(3)11-12-6-7-12/h12,15H,5-11H2,1-4H3. The number of esters is 1. The lowest BCUT2D eigenvalue weighted by molar-refractivity contribution is -0.148. The molecule has 0 amide bonds. The molecule has 0 spiro atoms. The lowest BCUT2D eigenvalue weighted by Gasteiger charge is -2.30. The summed E-state index contributed by atoms with van der Waals surface area (Å²) in [6.07, 6.45) is 4.55. The first-order valence-electron chi connectivity index (χ1n) is 7.04. The van der Waals surface area contributed by atoms with Gasteiger partial charge in [-0.1, -0.05) is 6.92 Å². The predicted molar refractivity (Wildman–Crippen MR) is 73.6 cm³/mol. The second-order valence-corrected chi connectivity index (χ2v) is 5.71. The van der Waals surface area contributed by atoms with Gasteiger partial charge in [-0.2, -0.15) is 0 Å². The van der Waals surface area contributed by atoms with Gasteiger partial charge in [0.25, 0.3) is 0 Å². The van der Waals surface area contributed by atoms with E-state index in [1.54, 1.807) is 0 Å². The van der Waals surface area contributed by atoms with Crippen molar-refractivity contribution < 1.29 is 9.53 Å². The van der Waals surface area contributed by atoms with Crippen LogP contribution in [0.2, 0.25) is 0 Å². The zero-order valence-corrected chi connectivity index (χ0v) is 12.3. The molecule has 0 bridgehead atoms. The van der Waals surface area contributed by atoms with Crippen molar-refractivity contribution in [2.75, 3.05) is 33.8 Å². The highest BCUT2D eigenvalue weighted by atomic mass is 16.5. The molecule has 1 aliphatic rings. The van der Waals surface area contributed by atoms with Gasteiger partial charge in [-0.15, -0.1) is 0 Å². The van der Waals surface area contributed by atoms with Crippen molar-refractivity contribution in [3.8, 4) is 0 Å². The Morgan fingerprint density at radius 1 is 1.50 bits per heavy atom. The molecule has 1 fully saturated rings. The fraction of sp³-hybridized carbons (Fsp3) is 0.929. The van der Waals surface area contributed by atoms with Gasteiger partial charge in [0.05, 0.1) is 7.11 Å². The average molecular weight is 256 g/mol. The number of nitrogens with one attached hydrogen (secondary N) is 1. The summed E-state index contributed by atoms with van der Waals surface area (Å²) in [5.41, 5.74) is -0.553. The van der Waals surface area contributed by atoms with Gasteiger partial charge in [-0.05, 0) is 52.1 Å². The molecule has 1 saturated carbocycles. The highest BCUT2D eigenvalue weighted by Crippen LogP contribution is 2.29. The number of ether oxygens (including phenoxy) is 1. The third-order valence-electron chi connectivity index (χ3n) is 3.66. The average Bonchev–Trinajstić information content (AvgIpc) is 3.16. The monoisotopic (exact) mass is 256 g/mol. The van der Waals surface area contributed by atoms with Gasteiger partial charge in [-0.3, -0.25) is 4.79 Å². The van der Waals surface area contributed by atoms with Crippen LogP contribution in [0.15, 0.2) is 0 Å². The molecular weight excluding hydrogens is 228 g/mol. The van der Waals surface area contributed by atoms with E-state index in [-0.39, 0.29) is 5.97 Å². The maximum atomic E-state index is 11.9. The molecule has 1 rings (SSSR count). The van der Waals surface area contributed by atoms with Crippen molar-refractivity contribution >= 4 is 5.97 Å². The molecule has 1 unspecified atom stereocenters. The van der Waals surface area contributed by atoms with Gasteiger partial charge in [0.15, 0.2) is 0 Å². The summed E-state index contributed by atoms with van der Waals surface area (Å²) in [5, 5.41) is 3.32. The molecule has 1 atom stereocenters. The van der Waals surface area contributed by atoms with Crippen LogP contribution in [-0.4, -0.2) is 50.2 Å². The number of carbonyl (C=O) groups is 1. The van der Waals surface area contributed by atoms with Crippen LogP contribution in [-0.2, 0) is 9.53 Å². The molecule has 0 saturated heterocycles. The molecule has 106 valence electrons. The van der Waals surface area contributed by atoms with E-state index in [4.69, 9.17) is 4.74 Å². The van der Waals surface area contributed by atoms with Crippen LogP contribution >= 0.6 is 0 Å². The number of nitrogens with zero attached hydrogens (tertiary/aromatic N) is 1. The molecule has 0 aromatic rings. The predicted octanol–water partition coefficient (Wildman–Crippen LogP) is 1.65. The Bertz CT molecular complexity index is 267. The van der Waals surface area contributed by atoms with Crippen LogP contribution < -0.4 is 5.32 Å². The van der Waals surface area contributed by atoms with Gasteiger partial charge in [0.1, 0.15) is 5.54 Å². The van der Waals surface area contributed by atoms with E-state index in [0.29, 0.717) is 0 Å². The quantitative estimate of drug-likeness (QED) is 0.637. The molecule has 0 heterocycles. The Hall–Kier alpha value is -0.610. The smallest absolute Gasteiger partial charge is 0.325 e. The first-order chi connectivity index (χ1) is 8.51. The molecule has 1 N–H and O–H groups in total. The van der Waals surface area contributed by atoms with E-state index in [2.05, 4.69) is 24.2 Å². The SMILES string of the molecule is CCCNC(C)(CCN(C)CC1CC1)C(=O)OC. The number of carbonyl (C=O) groups excluding carboxylic acids is 1. The first kappa shape index (κ1) is 15.4. The van der Waals surface area contributed by atoms with Crippen molar-refractivity contribution in [3.63, 3.8) is 0 Å². The maximum absolute atomic E-state index is 11.9. The fourth-order valence-electron chi connectivity index (χ4n) is 2.14. The lowest BCUT2D eigenvalue weighted by atomic mass is 9.97. The molecule has 18 heavy (non-hydrogen) atoms. The molecule has 0 aromatic carbocycles. The zero-order chi connectivity index (χ0) is 13.6. The number of methoxy groups -OCH3 is 1. The second-order valence-electron chi connectivity index (χ2n) is 5.71. The van der Waals surface area contributed by atoms with E-state index in [9.17, 15) is 4.79 Å². The number of hydrogen-bond acceptors (Lipinski definition) is 4. The van der Waals surface area contributed by atoms with E-state index in [1.807, 2.05) is 6.92 Å². The Balaban J connectivity index is 2.40. The lowest BCUT2D eigenvalue weighted by Crippen LogP contribution is -2.52. The van der Waals surface area contributed by atoms with Crippen molar-refractivity contribution in [3.05, 3.63) is 0 Å². The first-order valence-corrected chi connectivity index (χ1v) is 7.04. The molecule has 0 radical (unpaired) electrons. The van der Waals surface area contributed by atoms with Crippen LogP contribution in [0.5, 0.6) is 0 Å². The van der Waals surface area contributed by atoms with Gasteiger partial charge in [0.2, 0.25) is 0 Å². The molecule has 0 aromatic heterocycles. The largest absolute Gasteiger partial charge is 0.468 e. The van der Waals surface area contributed by atoms with Gasteiger partial charge < -0.3 is 15.0 Å². The number of hydrogen-bond donors (Lipinski definition) is 1. The summed E-state index contributed by atoms with van der Waals surface area (Å²) in [5.74, 6) is 0.735. The molecular formula is C14H28N2O2. The van der Waals surface area contributed by atoms with Crippen LogP contribution in [0.3, 0.4) is 0 Å². The maximum Gasteiger partial charge on any atom is 0.325 e. The third kappa shape index (κ3) is 4.94. The summed E-state index contributed by atoms with van der Waals surface area (Å²) in [6, 6.07) is 0. The van der Waals surface area contributed by atoms with Crippen LogP contribution in [0.1, 0.15) is 39.5 Å². The highest BCUT2D eigenvalue weighted by molar-refractivity contribution is 5.80. The molecule has 1 aliphatic carbocycles. The van der Waals surface area contributed by atoms with Crippen molar-refractivity contribution in [1.29, 1.82) is 0 Å². The zero-order valence-electron chi connectivity index (χ0n) is 12.3. The summed E-state index contributed by atoms with van der Waals surface area (Å²) in [4.78, 5) is 14.2. The van der Waals surface area contributed by atoms with E-state index < -0.39 is 5.54 Å². The van der Waals surface area contributed by atoms with Crippen molar-refractivity contribution in [2.24, 2.45) is 5.92 Å². The Labute approximate surface area is 111 Å². The second kappa shape index (κ2) is 7.10. The minimum Gasteiger partial charge on any atom is -0.468 e. The van der Waals surface area contributed by atoms with Crippen molar-refractivity contribution in [1.82, 2.24) is 10.2 Å². The Morgan fingerprint density at radius 2 is 2.17 bits per heavy atom. The summed E-state index contributed by atoms with van der Waals surface area (Å²) >= 11 is 0. The Kier molecular flexibility index (Phi) is 6.09. The fourth-order valence-corrected chi connectivity index (χ4v) is 2.14. The van der Waals surface area contributed by atoms with Crippen molar-refractivity contribution in [2.45, 2.75) is 45.1 Å². The Morgan fingerprint density at radius 3 is 2.67 bits per heavy atom. The topological polar surface area (TPSA) is 41.6 Å². The van der Waals surface area contributed by atoms with Gasteiger partial charge in [0, 0.05) is 13.1 Å². The summed E-state index contributed by atoms with van der Waals surface area (Å²) in [6.45, 7) is 6.98. The molecule has 4 heteroatoms. The van der Waals surface area contributed by atoms with Crippen LogP contribution in [0.25, 0.3) is 0 Å². The minimum atomic E-state index is -0.553. The normalized spacial score (nSPS) is 18.7. The van der Waals surface area contributed by atoms with Gasteiger partial charge >= 0.3 is 5.97 Å². The third-order valence-corrected chi connectivity index (χ3v) is 3.66. The summed E-state index contributed by atoms with van der Waals surface area (Å²) in [7, 11) is 3.60. The van der Waals surface area contributed by atoms with Crippen LogP contribution in [0, 0.1) is 5.92 Å². The van der Waals surface area contributed by atoms with E-state index in [0.717, 1.165) is 38.4 Å². The molecule has 4 nitrogen and oxygen atoms in total.